The number of rotatable bonds is 13. The second-order valence-electron chi connectivity index (χ2n) is 7.99. The van der Waals surface area contributed by atoms with E-state index in [0.29, 0.717) is 43.7 Å². The third-order valence-electron chi connectivity index (χ3n) is 4.60. The number of hydrogen-bond donors (Lipinski definition) is 2. The quantitative estimate of drug-likeness (QED) is 0.379. The number of ether oxygens (including phenoxy) is 3. The van der Waals surface area contributed by atoms with Gasteiger partial charge in [-0.25, -0.2) is 9.07 Å². The van der Waals surface area contributed by atoms with E-state index in [1.54, 1.807) is 23.9 Å². The Kier molecular flexibility index (Phi) is 9.17. The molecule has 0 radical (unpaired) electrons. The molecule has 0 saturated carbocycles. The fourth-order valence-electron chi connectivity index (χ4n) is 3.02. The molecular weight excluding hydrogens is 427 g/mol. The third-order valence-corrected chi connectivity index (χ3v) is 4.60. The van der Waals surface area contributed by atoms with Crippen LogP contribution in [0.5, 0.6) is 6.01 Å². The highest BCUT2D eigenvalue weighted by atomic mass is 19.1. The molecule has 1 unspecified atom stereocenters. The molecule has 0 bridgehead atoms. The molecule has 1 atom stereocenters. The number of aromatic nitrogens is 3. The number of anilines is 1. The Hall–Kier alpha value is -3.01. The predicted octanol–water partition coefficient (Wildman–Crippen LogP) is 3.54. The summed E-state index contributed by atoms with van der Waals surface area (Å²) in [5, 5.41) is 17.7. The molecule has 2 N–H and O–H groups in total. The number of halogens is 1. The van der Waals surface area contributed by atoms with Crippen LogP contribution in [-0.2, 0) is 9.47 Å². The monoisotopic (exact) mass is 458 g/mol. The van der Waals surface area contributed by atoms with Crippen molar-refractivity contribution in [3.05, 3.63) is 54.3 Å². The molecule has 178 valence electrons. The van der Waals surface area contributed by atoms with E-state index in [-0.39, 0.29) is 18.4 Å². The summed E-state index contributed by atoms with van der Waals surface area (Å²) in [6.07, 6.45) is -0.606. The van der Waals surface area contributed by atoms with Gasteiger partial charge in [0.15, 0.2) is 5.82 Å². The molecule has 2 aromatic carbocycles. The molecule has 8 nitrogen and oxygen atoms in total. The molecule has 0 aliphatic heterocycles. The number of aliphatic hydroxyl groups is 1. The van der Waals surface area contributed by atoms with Crippen molar-refractivity contribution in [2.24, 2.45) is 5.92 Å². The zero-order valence-electron chi connectivity index (χ0n) is 19.2. The Morgan fingerprint density at radius 3 is 2.58 bits per heavy atom. The standard InChI is InChI=1S/C24H31FN4O4/c1-17(2)15-32-16-22(30)14-26-20-7-9-21(10-8-20)29-23(18-5-4-6-19(25)13-18)27-24(28-29)33-12-11-31-3/h4-10,13,17,22,26,30H,11-12,14-16H2,1-3H3. The summed E-state index contributed by atoms with van der Waals surface area (Å²) in [6.45, 7) is 6.10. The fourth-order valence-corrected chi connectivity index (χ4v) is 3.02. The van der Waals surface area contributed by atoms with Crippen molar-refractivity contribution in [3.8, 4) is 23.1 Å². The molecule has 33 heavy (non-hydrogen) atoms. The molecule has 1 heterocycles. The highest BCUT2D eigenvalue weighted by molar-refractivity contribution is 5.59. The molecule has 3 aromatic rings. The lowest BCUT2D eigenvalue weighted by molar-refractivity contribution is 0.0318. The first-order valence-corrected chi connectivity index (χ1v) is 10.9. The molecule has 9 heteroatoms. The largest absolute Gasteiger partial charge is 0.460 e. The number of nitrogens with one attached hydrogen (secondary N) is 1. The topological polar surface area (TPSA) is 90.7 Å². The number of methoxy groups -OCH3 is 1. The number of aliphatic hydroxyl groups excluding tert-OH is 1. The zero-order chi connectivity index (χ0) is 23.6. The van der Waals surface area contributed by atoms with Crippen LogP contribution in [0.2, 0.25) is 0 Å². The van der Waals surface area contributed by atoms with Gasteiger partial charge in [-0.1, -0.05) is 26.0 Å². The van der Waals surface area contributed by atoms with Crippen LogP contribution in [0, 0.1) is 11.7 Å². The van der Waals surface area contributed by atoms with Crippen molar-refractivity contribution < 1.29 is 23.7 Å². The van der Waals surface area contributed by atoms with Crippen LogP contribution in [0.3, 0.4) is 0 Å². The Morgan fingerprint density at radius 2 is 1.88 bits per heavy atom. The van der Waals surface area contributed by atoms with Crippen LogP contribution in [-0.4, -0.2) is 66.1 Å². The second kappa shape index (κ2) is 12.3. The van der Waals surface area contributed by atoms with Crippen molar-refractivity contribution in [2.45, 2.75) is 20.0 Å². The SMILES string of the molecule is COCCOc1nc(-c2cccc(F)c2)n(-c2ccc(NCC(O)COCC(C)C)cc2)n1. The minimum absolute atomic E-state index is 0.179. The minimum Gasteiger partial charge on any atom is -0.460 e. The summed E-state index contributed by atoms with van der Waals surface area (Å²) in [5.41, 5.74) is 2.15. The van der Waals surface area contributed by atoms with Crippen LogP contribution < -0.4 is 10.1 Å². The first kappa shape index (κ1) is 24.6. The van der Waals surface area contributed by atoms with Crippen molar-refractivity contribution >= 4 is 5.69 Å². The number of hydrogen-bond acceptors (Lipinski definition) is 7. The summed E-state index contributed by atoms with van der Waals surface area (Å²) in [6, 6.07) is 13.8. The van der Waals surface area contributed by atoms with E-state index < -0.39 is 6.10 Å². The summed E-state index contributed by atoms with van der Waals surface area (Å²) < 4.78 is 31.5. The second-order valence-corrected chi connectivity index (χ2v) is 7.99. The fraction of sp³-hybridized carbons (Fsp3) is 0.417. The van der Waals surface area contributed by atoms with Gasteiger partial charge < -0.3 is 24.6 Å². The average molecular weight is 459 g/mol. The Labute approximate surface area is 193 Å². The van der Waals surface area contributed by atoms with Crippen LogP contribution in [0.1, 0.15) is 13.8 Å². The summed E-state index contributed by atoms with van der Waals surface area (Å²) >= 11 is 0. The van der Waals surface area contributed by atoms with Crippen molar-refractivity contribution in [3.63, 3.8) is 0 Å². The molecule has 0 spiro atoms. The van der Waals surface area contributed by atoms with Gasteiger partial charge in [0.25, 0.3) is 0 Å². The molecule has 0 saturated heterocycles. The normalized spacial score (nSPS) is 12.2. The van der Waals surface area contributed by atoms with E-state index >= 15 is 0 Å². The van der Waals surface area contributed by atoms with Crippen molar-refractivity contribution in [2.75, 3.05) is 45.4 Å². The molecule has 0 fully saturated rings. The van der Waals surface area contributed by atoms with Gasteiger partial charge in [-0.05, 0) is 42.3 Å². The lowest BCUT2D eigenvalue weighted by atomic mass is 10.2. The van der Waals surface area contributed by atoms with Gasteiger partial charge in [0.2, 0.25) is 0 Å². The van der Waals surface area contributed by atoms with Gasteiger partial charge in [-0.15, -0.1) is 5.10 Å². The van der Waals surface area contributed by atoms with Gasteiger partial charge in [-0.2, -0.15) is 4.98 Å². The van der Waals surface area contributed by atoms with E-state index in [2.05, 4.69) is 29.2 Å². The first-order valence-electron chi connectivity index (χ1n) is 10.9. The van der Waals surface area contributed by atoms with Gasteiger partial charge >= 0.3 is 6.01 Å². The summed E-state index contributed by atoms with van der Waals surface area (Å²) in [7, 11) is 1.58. The molecule has 0 aliphatic carbocycles. The van der Waals surface area contributed by atoms with E-state index in [9.17, 15) is 9.50 Å². The van der Waals surface area contributed by atoms with E-state index in [0.717, 1.165) is 11.4 Å². The summed E-state index contributed by atoms with van der Waals surface area (Å²) in [5.74, 6) is 0.525. The molecular formula is C24H31FN4O4. The van der Waals surface area contributed by atoms with E-state index in [1.165, 1.54) is 12.1 Å². The average Bonchev–Trinajstić information content (AvgIpc) is 3.22. The lowest BCUT2D eigenvalue weighted by Gasteiger charge is -2.14. The highest BCUT2D eigenvalue weighted by Crippen LogP contribution is 2.25. The highest BCUT2D eigenvalue weighted by Gasteiger charge is 2.15. The molecule has 3 rings (SSSR count). The Bertz CT molecular complexity index is 994. The van der Waals surface area contributed by atoms with E-state index in [1.807, 2.05) is 24.3 Å². The first-order chi connectivity index (χ1) is 16.0. The molecule has 0 aliphatic rings. The van der Waals surface area contributed by atoms with Crippen LogP contribution >= 0.6 is 0 Å². The van der Waals surface area contributed by atoms with Gasteiger partial charge in [0.1, 0.15) is 12.4 Å². The third kappa shape index (κ3) is 7.52. The lowest BCUT2D eigenvalue weighted by Crippen LogP contribution is -2.25. The maximum atomic E-state index is 13.8. The Morgan fingerprint density at radius 1 is 1.09 bits per heavy atom. The van der Waals surface area contributed by atoms with Crippen molar-refractivity contribution in [1.82, 2.24) is 14.8 Å². The van der Waals surface area contributed by atoms with Crippen molar-refractivity contribution in [1.29, 1.82) is 0 Å². The number of nitrogens with zero attached hydrogens (tertiary/aromatic N) is 3. The Balaban J connectivity index is 1.72. The van der Waals surface area contributed by atoms with Crippen LogP contribution in [0.4, 0.5) is 10.1 Å². The van der Waals surface area contributed by atoms with Gasteiger partial charge in [0, 0.05) is 31.5 Å². The molecule has 0 amide bonds. The smallest absolute Gasteiger partial charge is 0.336 e. The predicted molar refractivity (Wildman–Crippen MR) is 124 cm³/mol. The van der Waals surface area contributed by atoms with Crippen LogP contribution in [0.25, 0.3) is 17.1 Å². The van der Waals surface area contributed by atoms with Crippen LogP contribution in [0.15, 0.2) is 48.5 Å². The maximum Gasteiger partial charge on any atom is 0.336 e. The molecule has 1 aromatic heterocycles. The number of benzene rings is 2. The van der Waals surface area contributed by atoms with E-state index in [4.69, 9.17) is 14.2 Å². The summed E-state index contributed by atoms with van der Waals surface area (Å²) in [4.78, 5) is 4.44. The zero-order valence-corrected chi connectivity index (χ0v) is 19.2. The van der Waals surface area contributed by atoms with Gasteiger partial charge in [0.05, 0.1) is 25.0 Å². The maximum absolute atomic E-state index is 13.8. The minimum atomic E-state index is -0.606. The van der Waals surface area contributed by atoms with Gasteiger partial charge in [-0.3, -0.25) is 0 Å².